The molecule has 0 aliphatic carbocycles. The highest BCUT2D eigenvalue weighted by Gasteiger charge is 2.08. The first-order valence-electron chi connectivity index (χ1n) is 6.04. The van der Waals surface area contributed by atoms with Gasteiger partial charge in [0.15, 0.2) is 0 Å². The van der Waals surface area contributed by atoms with Crippen LogP contribution >= 0.6 is 11.6 Å². The Bertz CT molecular complexity index is 382. The van der Waals surface area contributed by atoms with Gasteiger partial charge in [0, 0.05) is 24.2 Å². The maximum Gasteiger partial charge on any atom is 0.0672 e. The summed E-state index contributed by atoms with van der Waals surface area (Å²) >= 11 is 5.96. The fraction of sp³-hybridized carbons (Fsp3) is 0.429. The summed E-state index contributed by atoms with van der Waals surface area (Å²) in [4.78, 5) is 0. The molecule has 1 aromatic rings. The van der Waals surface area contributed by atoms with E-state index in [1.165, 1.54) is 0 Å². The number of hydrogen-bond donors (Lipinski definition) is 2. The second kappa shape index (κ2) is 8.27. The predicted octanol–water partition coefficient (Wildman–Crippen LogP) is 2.52. The van der Waals surface area contributed by atoms with Crippen molar-refractivity contribution in [1.82, 2.24) is 5.32 Å². The fourth-order valence-corrected chi connectivity index (χ4v) is 1.81. The van der Waals surface area contributed by atoms with Crippen molar-refractivity contribution in [3.63, 3.8) is 0 Å². The van der Waals surface area contributed by atoms with E-state index in [1.54, 1.807) is 0 Å². The van der Waals surface area contributed by atoms with Crippen LogP contribution in [0.25, 0.3) is 0 Å². The van der Waals surface area contributed by atoms with Gasteiger partial charge in [-0.05, 0) is 24.6 Å². The standard InChI is InChI=1S/C14H21ClN2O/c1-11(2)10-18-7-6-17-14(9-16)12-4-3-5-13(15)8-12/h3-5,8,14,17H,1,6-7,9-10,16H2,2H3. The van der Waals surface area contributed by atoms with E-state index in [0.29, 0.717) is 19.8 Å². The molecule has 0 aliphatic heterocycles. The van der Waals surface area contributed by atoms with Crippen molar-refractivity contribution in [3.8, 4) is 0 Å². The highest BCUT2D eigenvalue weighted by Crippen LogP contribution is 2.16. The number of halogens is 1. The Morgan fingerprint density at radius 3 is 2.94 bits per heavy atom. The van der Waals surface area contributed by atoms with E-state index in [2.05, 4.69) is 11.9 Å². The van der Waals surface area contributed by atoms with Crippen LogP contribution in [0, 0.1) is 0 Å². The second-order valence-corrected chi connectivity index (χ2v) is 4.74. The monoisotopic (exact) mass is 268 g/mol. The lowest BCUT2D eigenvalue weighted by atomic mass is 10.1. The SMILES string of the molecule is C=C(C)COCCNC(CN)c1cccc(Cl)c1. The van der Waals surface area contributed by atoms with E-state index in [9.17, 15) is 0 Å². The summed E-state index contributed by atoms with van der Waals surface area (Å²) in [6, 6.07) is 7.84. The van der Waals surface area contributed by atoms with E-state index in [0.717, 1.165) is 22.7 Å². The number of ether oxygens (including phenoxy) is 1. The third-order valence-corrected chi connectivity index (χ3v) is 2.71. The average molecular weight is 269 g/mol. The van der Waals surface area contributed by atoms with Gasteiger partial charge in [-0.15, -0.1) is 0 Å². The van der Waals surface area contributed by atoms with Crippen molar-refractivity contribution in [2.24, 2.45) is 5.73 Å². The molecule has 0 saturated carbocycles. The second-order valence-electron chi connectivity index (χ2n) is 4.31. The highest BCUT2D eigenvalue weighted by molar-refractivity contribution is 6.30. The Morgan fingerprint density at radius 2 is 2.33 bits per heavy atom. The Labute approximate surface area is 114 Å². The van der Waals surface area contributed by atoms with Gasteiger partial charge in [0.2, 0.25) is 0 Å². The molecule has 0 aromatic heterocycles. The lowest BCUT2D eigenvalue weighted by molar-refractivity contribution is 0.155. The van der Waals surface area contributed by atoms with Gasteiger partial charge in [-0.3, -0.25) is 0 Å². The third kappa shape index (κ3) is 5.65. The van der Waals surface area contributed by atoms with Gasteiger partial charge in [-0.2, -0.15) is 0 Å². The van der Waals surface area contributed by atoms with Gasteiger partial charge in [-0.1, -0.05) is 35.9 Å². The van der Waals surface area contributed by atoms with Crippen LogP contribution in [0.2, 0.25) is 5.02 Å². The lowest BCUT2D eigenvalue weighted by Gasteiger charge is -2.17. The average Bonchev–Trinajstić information content (AvgIpc) is 2.33. The molecule has 4 heteroatoms. The van der Waals surface area contributed by atoms with Crippen molar-refractivity contribution in [1.29, 1.82) is 0 Å². The topological polar surface area (TPSA) is 47.3 Å². The maximum atomic E-state index is 5.96. The van der Waals surface area contributed by atoms with Crippen LogP contribution < -0.4 is 11.1 Å². The quantitative estimate of drug-likeness (QED) is 0.563. The van der Waals surface area contributed by atoms with Crippen molar-refractivity contribution in [2.75, 3.05) is 26.3 Å². The van der Waals surface area contributed by atoms with Crippen LogP contribution in [0.3, 0.4) is 0 Å². The maximum absolute atomic E-state index is 5.96. The van der Waals surface area contributed by atoms with Gasteiger partial charge < -0.3 is 15.8 Å². The molecule has 0 aliphatic rings. The van der Waals surface area contributed by atoms with Gasteiger partial charge in [-0.25, -0.2) is 0 Å². The van der Waals surface area contributed by atoms with E-state index >= 15 is 0 Å². The largest absolute Gasteiger partial charge is 0.376 e. The molecule has 1 rings (SSSR count). The molecule has 1 unspecified atom stereocenters. The summed E-state index contributed by atoms with van der Waals surface area (Å²) in [6.07, 6.45) is 0. The molecule has 0 heterocycles. The van der Waals surface area contributed by atoms with Crippen LogP contribution in [-0.4, -0.2) is 26.3 Å². The summed E-state index contributed by atoms with van der Waals surface area (Å²) in [6.45, 7) is 8.25. The van der Waals surface area contributed by atoms with Crippen LogP contribution in [0.4, 0.5) is 0 Å². The van der Waals surface area contributed by atoms with E-state index in [4.69, 9.17) is 22.1 Å². The normalized spacial score (nSPS) is 12.4. The number of nitrogens with one attached hydrogen (secondary N) is 1. The van der Waals surface area contributed by atoms with Gasteiger partial charge in [0.1, 0.15) is 0 Å². The Balaban J connectivity index is 2.36. The van der Waals surface area contributed by atoms with E-state index < -0.39 is 0 Å². The number of hydrogen-bond acceptors (Lipinski definition) is 3. The summed E-state index contributed by atoms with van der Waals surface area (Å²) < 4.78 is 5.42. The highest BCUT2D eigenvalue weighted by atomic mass is 35.5. The van der Waals surface area contributed by atoms with Crippen LogP contribution in [-0.2, 0) is 4.74 Å². The summed E-state index contributed by atoms with van der Waals surface area (Å²) in [7, 11) is 0. The third-order valence-electron chi connectivity index (χ3n) is 2.47. The van der Waals surface area contributed by atoms with E-state index in [-0.39, 0.29) is 6.04 Å². The summed E-state index contributed by atoms with van der Waals surface area (Å²) in [5.41, 5.74) is 7.89. The predicted molar refractivity (Wildman–Crippen MR) is 76.9 cm³/mol. The minimum atomic E-state index is 0.108. The zero-order valence-corrected chi connectivity index (χ0v) is 11.5. The zero-order chi connectivity index (χ0) is 13.4. The molecule has 1 atom stereocenters. The van der Waals surface area contributed by atoms with Crippen LogP contribution in [0.15, 0.2) is 36.4 Å². The molecule has 0 bridgehead atoms. The molecule has 0 spiro atoms. The first kappa shape index (κ1) is 15.2. The summed E-state index contributed by atoms with van der Waals surface area (Å²) in [5.74, 6) is 0. The molecule has 0 radical (unpaired) electrons. The first-order valence-corrected chi connectivity index (χ1v) is 6.42. The molecule has 18 heavy (non-hydrogen) atoms. The molecule has 0 saturated heterocycles. The zero-order valence-electron chi connectivity index (χ0n) is 10.8. The summed E-state index contributed by atoms with van der Waals surface area (Å²) in [5, 5.41) is 4.08. The molecule has 1 aromatic carbocycles. The van der Waals surface area contributed by atoms with Crippen LogP contribution in [0.1, 0.15) is 18.5 Å². The van der Waals surface area contributed by atoms with Crippen molar-refractivity contribution < 1.29 is 4.74 Å². The van der Waals surface area contributed by atoms with Gasteiger partial charge in [0.25, 0.3) is 0 Å². The molecular weight excluding hydrogens is 248 g/mol. The minimum absolute atomic E-state index is 0.108. The van der Waals surface area contributed by atoms with Crippen molar-refractivity contribution in [2.45, 2.75) is 13.0 Å². The van der Waals surface area contributed by atoms with Gasteiger partial charge in [0.05, 0.1) is 13.2 Å². The molecule has 100 valence electrons. The molecule has 3 N–H and O–H groups in total. The minimum Gasteiger partial charge on any atom is -0.376 e. The Kier molecular flexibility index (Phi) is 6.98. The lowest BCUT2D eigenvalue weighted by Crippen LogP contribution is -2.31. The number of rotatable bonds is 8. The number of nitrogens with two attached hydrogens (primary N) is 1. The fourth-order valence-electron chi connectivity index (χ4n) is 1.61. The van der Waals surface area contributed by atoms with Gasteiger partial charge >= 0.3 is 0 Å². The first-order chi connectivity index (χ1) is 8.63. The van der Waals surface area contributed by atoms with Crippen molar-refractivity contribution in [3.05, 3.63) is 47.0 Å². The smallest absolute Gasteiger partial charge is 0.0672 e. The van der Waals surface area contributed by atoms with Crippen molar-refractivity contribution >= 4 is 11.6 Å². The number of benzene rings is 1. The Morgan fingerprint density at radius 1 is 1.56 bits per heavy atom. The van der Waals surface area contributed by atoms with E-state index in [1.807, 2.05) is 31.2 Å². The Hall–Kier alpha value is -0.870. The van der Waals surface area contributed by atoms with Crippen LogP contribution in [0.5, 0.6) is 0 Å². The molecular formula is C14H21ClN2O. The molecule has 0 amide bonds. The molecule has 0 fully saturated rings. The molecule has 3 nitrogen and oxygen atoms in total.